The zero-order chi connectivity index (χ0) is 11.6. The van der Waals surface area contributed by atoms with E-state index in [1.807, 2.05) is 6.92 Å². The quantitative estimate of drug-likeness (QED) is 0.765. The molecular formula is C9H12INO3S. The summed E-state index contributed by atoms with van der Waals surface area (Å²) >= 11 is 2.12. The second-order valence-corrected chi connectivity index (χ2v) is 6.81. The molecule has 0 aromatic carbocycles. The number of sulfone groups is 1. The Morgan fingerprint density at radius 1 is 1.40 bits per heavy atom. The van der Waals surface area contributed by atoms with Gasteiger partial charge in [0, 0.05) is 28.1 Å². The number of rotatable bonds is 3. The first-order chi connectivity index (χ1) is 6.81. The Balaban J connectivity index is 3.05. The van der Waals surface area contributed by atoms with E-state index in [9.17, 15) is 13.2 Å². The van der Waals surface area contributed by atoms with E-state index in [-0.39, 0.29) is 17.9 Å². The summed E-state index contributed by atoms with van der Waals surface area (Å²) in [5.74, 6) is -0.00611. The van der Waals surface area contributed by atoms with Crippen LogP contribution in [0.15, 0.2) is 16.9 Å². The van der Waals surface area contributed by atoms with E-state index in [1.165, 1.54) is 16.9 Å². The highest BCUT2D eigenvalue weighted by molar-refractivity contribution is 14.1. The van der Waals surface area contributed by atoms with Crippen molar-refractivity contribution in [3.63, 3.8) is 0 Å². The second-order valence-electron chi connectivity index (χ2n) is 3.39. The van der Waals surface area contributed by atoms with Crippen molar-refractivity contribution in [3.8, 4) is 0 Å². The molecule has 15 heavy (non-hydrogen) atoms. The first-order valence-corrected chi connectivity index (χ1v) is 7.49. The summed E-state index contributed by atoms with van der Waals surface area (Å²) < 4.78 is 24.4. The van der Waals surface area contributed by atoms with E-state index >= 15 is 0 Å². The maximum atomic E-state index is 11.5. The van der Waals surface area contributed by atoms with Gasteiger partial charge in [0.15, 0.2) is 0 Å². The molecule has 0 amide bonds. The Kier molecular flexibility index (Phi) is 3.93. The zero-order valence-corrected chi connectivity index (χ0v) is 11.5. The minimum Gasteiger partial charge on any atom is -0.311 e. The van der Waals surface area contributed by atoms with Gasteiger partial charge >= 0.3 is 0 Å². The molecule has 0 spiro atoms. The minimum absolute atomic E-state index is 0.00611. The average Bonchev–Trinajstić information content (AvgIpc) is 2.10. The average molecular weight is 341 g/mol. The molecule has 1 rings (SSSR count). The molecule has 0 aliphatic carbocycles. The molecular weight excluding hydrogens is 329 g/mol. The highest BCUT2D eigenvalue weighted by Crippen LogP contribution is 2.07. The molecule has 84 valence electrons. The molecule has 0 aliphatic rings. The van der Waals surface area contributed by atoms with Gasteiger partial charge in [-0.25, -0.2) is 8.42 Å². The normalized spacial score (nSPS) is 11.7. The molecule has 0 saturated heterocycles. The summed E-state index contributed by atoms with van der Waals surface area (Å²) in [6, 6.07) is 3.19. The molecule has 0 fully saturated rings. The molecule has 0 N–H and O–H groups in total. The van der Waals surface area contributed by atoms with Crippen LogP contribution in [0.25, 0.3) is 0 Å². The number of pyridine rings is 1. The lowest BCUT2D eigenvalue weighted by molar-refractivity contribution is 0.591. The molecule has 0 unspecified atom stereocenters. The van der Waals surface area contributed by atoms with Gasteiger partial charge in [-0.2, -0.15) is 0 Å². The Morgan fingerprint density at radius 2 is 2.00 bits per heavy atom. The molecule has 0 radical (unpaired) electrons. The Bertz CT molecular complexity index is 519. The van der Waals surface area contributed by atoms with Crippen LogP contribution in [-0.2, 0) is 16.4 Å². The van der Waals surface area contributed by atoms with Gasteiger partial charge < -0.3 is 4.57 Å². The third kappa shape index (κ3) is 3.60. The molecule has 1 heterocycles. The highest BCUT2D eigenvalue weighted by Gasteiger charge is 2.07. The van der Waals surface area contributed by atoms with E-state index in [0.29, 0.717) is 0 Å². The van der Waals surface area contributed by atoms with E-state index < -0.39 is 9.84 Å². The van der Waals surface area contributed by atoms with Crippen LogP contribution in [0, 0.1) is 10.5 Å². The topological polar surface area (TPSA) is 56.1 Å². The van der Waals surface area contributed by atoms with Gasteiger partial charge in [0.2, 0.25) is 0 Å². The number of halogens is 1. The van der Waals surface area contributed by atoms with Gasteiger partial charge in [0.25, 0.3) is 5.56 Å². The fourth-order valence-corrected chi connectivity index (χ4v) is 2.17. The summed E-state index contributed by atoms with van der Waals surface area (Å²) in [4.78, 5) is 11.5. The van der Waals surface area contributed by atoms with Crippen molar-refractivity contribution in [2.24, 2.45) is 0 Å². The lowest BCUT2D eigenvalue weighted by Crippen LogP contribution is -2.25. The van der Waals surface area contributed by atoms with Crippen LogP contribution in [0.4, 0.5) is 0 Å². The first-order valence-electron chi connectivity index (χ1n) is 4.35. The van der Waals surface area contributed by atoms with E-state index in [4.69, 9.17) is 0 Å². The number of nitrogens with zero attached hydrogens (tertiary/aromatic N) is 1. The number of hydrogen-bond acceptors (Lipinski definition) is 3. The van der Waals surface area contributed by atoms with Crippen LogP contribution < -0.4 is 5.56 Å². The number of aromatic nitrogens is 1. The maximum Gasteiger partial charge on any atom is 0.250 e. The fourth-order valence-electron chi connectivity index (χ4n) is 1.18. The van der Waals surface area contributed by atoms with Crippen molar-refractivity contribution >= 4 is 32.4 Å². The molecule has 4 nitrogen and oxygen atoms in total. The largest absolute Gasteiger partial charge is 0.311 e. The van der Waals surface area contributed by atoms with Gasteiger partial charge in [-0.3, -0.25) is 4.79 Å². The second kappa shape index (κ2) is 4.65. The fraction of sp³-hybridized carbons (Fsp3) is 0.444. The van der Waals surface area contributed by atoms with Gasteiger partial charge in [-0.1, -0.05) is 0 Å². The lowest BCUT2D eigenvalue weighted by atomic mass is 10.3. The van der Waals surface area contributed by atoms with Crippen molar-refractivity contribution in [3.05, 3.63) is 31.8 Å². The van der Waals surface area contributed by atoms with Gasteiger partial charge in [-0.15, -0.1) is 0 Å². The summed E-state index contributed by atoms with van der Waals surface area (Å²) in [5.41, 5.74) is 0.656. The van der Waals surface area contributed by atoms with Gasteiger partial charge in [0.1, 0.15) is 9.84 Å². The van der Waals surface area contributed by atoms with Crippen LogP contribution in [0.1, 0.15) is 5.69 Å². The van der Waals surface area contributed by atoms with Crippen LogP contribution in [-0.4, -0.2) is 25.0 Å². The van der Waals surface area contributed by atoms with Crippen molar-refractivity contribution in [2.45, 2.75) is 13.5 Å². The summed E-state index contributed by atoms with van der Waals surface area (Å²) in [5, 5.41) is 0. The van der Waals surface area contributed by atoms with Crippen LogP contribution >= 0.6 is 22.6 Å². The smallest absolute Gasteiger partial charge is 0.250 e. The molecule has 0 saturated carbocycles. The van der Waals surface area contributed by atoms with Crippen LogP contribution in [0.3, 0.4) is 0 Å². The van der Waals surface area contributed by atoms with E-state index in [0.717, 1.165) is 9.26 Å². The molecule has 0 atom stereocenters. The predicted molar refractivity (Wildman–Crippen MR) is 67.9 cm³/mol. The molecule has 1 aromatic heterocycles. The summed E-state index contributed by atoms with van der Waals surface area (Å²) in [6.07, 6.45) is 1.17. The predicted octanol–water partition coefficient (Wildman–Crippen LogP) is 0.806. The molecule has 0 aliphatic heterocycles. The maximum absolute atomic E-state index is 11.5. The molecule has 6 heteroatoms. The summed E-state index contributed by atoms with van der Waals surface area (Å²) in [6.45, 7) is 2.03. The van der Waals surface area contributed by atoms with Crippen molar-refractivity contribution < 1.29 is 8.42 Å². The van der Waals surface area contributed by atoms with E-state index in [2.05, 4.69) is 22.6 Å². The Hall–Kier alpha value is -0.370. The third-order valence-electron chi connectivity index (χ3n) is 2.07. The Morgan fingerprint density at radius 3 is 2.53 bits per heavy atom. The standard InChI is InChI=1S/C9H12INO3S/c1-7-8(10)3-4-9(12)11(7)5-6-15(2,13)14/h3-4H,5-6H2,1-2H3. The molecule has 1 aromatic rings. The number of hydrogen-bond donors (Lipinski definition) is 0. The summed E-state index contributed by atoms with van der Waals surface area (Å²) in [7, 11) is -3.03. The lowest BCUT2D eigenvalue weighted by Gasteiger charge is -2.09. The first kappa shape index (κ1) is 12.7. The zero-order valence-electron chi connectivity index (χ0n) is 8.53. The van der Waals surface area contributed by atoms with Crippen molar-refractivity contribution in [2.75, 3.05) is 12.0 Å². The SMILES string of the molecule is Cc1c(I)ccc(=O)n1CCS(C)(=O)=O. The van der Waals surface area contributed by atoms with Gasteiger partial charge in [0.05, 0.1) is 5.75 Å². The van der Waals surface area contributed by atoms with Crippen LogP contribution in [0.5, 0.6) is 0 Å². The van der Waals surface area contributed by atoms with Crippen molar-refractivity contribution in [1.82, 2.24) is 4.57 Å². The van der Waals surface area contributed by atoms with Crippen LogP contribution in [0.2, 0.25) is 0 Å². The Labute approximate surface area is 102 Å². The van der Waals surface area contributed by atoms with Crippen molar-refractivity contribution in [1.29, 1.82) is 0 Å². The third-order valence-corrected chi connectivity index (χ3v) is 4.14. The monoisotopic (exact) mass is 341 g/mol. The van der Waals surface area contributed by atoms with Gasteiger partial charge in [-0.05, 0) is 35.6 Å². The highest BCUT2D eigenvalue weighted by atomic mass is 127. The molecule has 0 bridgehead atoms. The van der Waals surface area contributed by atoms with E-state index in [1.54, 1.807) is 6.07 Å². The minimum atomic E-state index is -3.03.